The first-order valence-corrected chi connectivity index (χ1v) is 15.3. The topological polar surface area (TPSA) is 74.6 Å². The van der Waals surface area contributed by atoms with Crippen LogP contribution in [0.15, 0.2) is 133 Å². The van der Waals surface area contributed by atoms with Crippen molar-refractivity contribution in [3.05, 3.63) is 167 Å². The Morgan fingerprint density at radius 3 is 1.26 bits per heavy atom. The Hall–Kier alpha value is -5.74. The first-order chi connectivity index (χ1) is 22.3. The monoisotopic (exact) mass is 602 g/mol. The normalized spacial score (nSPS) is 12.0. The molecule has 226 valence electrons. The predicted octanol–water partition coefficient (Wildman–Crippen LogP) is 9.70. The van der Waals surface area contributed by atoms with Gasteiger partial charge in [-0.25, -0.2) is 0 Å². The maximum absolute atomic E-state index is 13.5. The van der Waals surface area contributed by atoms with Crippen molar-refractivity contribution in [1.82, 2.24) is 0 Å². The third-order valence-electron chi connectivity index (χ3n) is 8.30. The number of hydrogen-bond acceptors (Lipinski definition) is 4. The minimum atomic E-state index is -0.238. The number of rotatable bonds is 9. The summed E-state index contributed by atoms with van der Waals surface area (Å²) in [4.78, 5) is 26.9. The number of benzene rings is 6. The summed E-state index contributed by atoms with van der Waals surface area (Å²) in [5.74, 6) is -0.634. The van der Waals surface area contributed by atoms with Gasteiger partial charge in [0.05, 0.1) is 0 Å². The SMILES string of the molecule is Cc1ccc(C(O)=CC(=O)Cc2ccc3ccccc3c2-c2c(CC(=O)/C=C(\O)c3ccc(C)cc3)ccc3ccccc23)cc1. The highest BCUT2D eigenvalue weighted by atomic mass is 16.3. The van der Waals surface area contributed by atoms with E-state index in [1.54, 1.807) is 24.3 Å². The highest BCUT2D eigenvalue weighted by Crippen LogP contribution is 2.40. The largest absolute Gasteiger partial charge is 0.507 e. The van der Waals surface area contributed by atoms with E-state index in [0.29, 0.717) is 11.1 Å². The summed E-state index contributed by atoms with van der Waals surface area (Å²) in [6.07, 6.45) is 2.69. The number of aliphatic hydroxyl groups is 2. The van der Waals surface area contributed by atoms with Crippen LogP contribution >= 0.6 is 0 Å². The van der Waals surface area contributed by atoms with Crippen LogP contribution in [0.4, 0.5) is 0 Å². The van der Waals surface area contributed by atoms with Crippen molar-refractivity contribution < 1.29 is 19.8 Å². The zero-order valence-electron chi connectivity index (χ0n) is 25.8. The molecule has 6 rings (SSSR count). The molecule has 0 amide bonds. The van der Waals surface area contributed by atoms with Crippen molar-refractivity contribution in [3.63, 3.8) is 0 Å². The minimum Gasteiger partial charge on any atom is -0.507 e. The van der Waals surface area contributed by atoms with Crippen molar-refractivity contribution in [2.45, 2.75) is 26.7 Å². The van der Waals surface area contributed by atoms with E-state index in [-0.39, 0.29) is 35.9 Å². The van der Waals surface area contributed by atoms with Crippen molar-refractivity contribution >= 4 is 44.6 Å². The predicted molar refractivity (Wildman–Crippen MR) is 188 cm³/mol. The Morgan fingerprint density at radius 1 is 0.500 bits per heavy atom. The standard InChI is InChI=1S/C42H34O4/c1-27-11-15-31(16-12-27)39(45)25-35(43)23-33-21-19-29-7-3-5-9-37(29)41(33)42-34(22-20-30-8-4-6-10-38(30)42)24-36(44)26-40(46)32-17-13-28(2)14-18-32/h3-22,25-26,45-46H,23-24H2,1-2H3/b39-25-,40-26?. The summed E-state index contributed by atoms with van der Waals surface area (Å²) < 4.78 is 0. The van der Waals surface area contributed by atoms with E-state index in [9.17, 15) is 19.8 Å². The summed E-state index contributed by atoms with van der Waals surface area (Å²) in [6.45, 7) is 3.93. The molecule has 6 aromatic rings. The zero-order chi connectivity index (χ0) is 32.2. The van der Waals surface area contributed by atoms with Gasteiger partial charge in [0.15, 0.2) is 11.6 Å². The van der Waals surface area contributed by atoms with E-state index in [0.717, 1.165) is 54.9 Å². The maximum Gasteiger partial charge on any atom is 0.163 e. The third kappa shape index (κ3) is 6.52. The molecule has 0 aliphatic carbocycles. The number of carbonyl (C=O) groups excluding carboxylic acids is 2. The van der Waals surface area contributed by atoms with E-state index < -0.39 is 0 Å². The molecule has 0 aliphatic heterocycles. The van der Waals surface area contributed by atoms with Gasteiger partial charge in [-0.15, -0.1) is 0 Å². The van der Waals surface area contributed by atoms with Crippen LogP contribution in [0.2, 0.25) is 0 Å². The van der Waals surface area contributed by atoms with Crippen LogP contribution in [-0.4, -0.2) is 21.8 Å². The van der Waals surface area contributed by atoms with Crippen LogP contribution in [0, 0.1) is 13.8 Å². The molecule has 0 fully saturated rings. The van der Waals surface area contributed by atoms with Gasteiger partial charge in [-0.2, -0.15) is 0 Å². The van der Waals surface area contributed by atoms with E-state index in [1.807, 2.05) is 111 Å². The quantitative estimate of drug-likeness (QED) is 0.128. The van der Waals surface area contributed by atoms with Gasteiger partial charge in [0.1, 0.15) is 11.5 Å². The molecule has 0 aromatic heterocycles. The molecule has 4 heteroatoms. The van der Waals surface area contributed by atoms with Crippen molar-refractivity contribution in [3.8, 4) is 11.1 Å². The average Bonchev–Trinajstić information content (AvgIpc) is 3.05. The maximum atomic E-state index is 13.5. The summed E-state index contributed by atoms with van der Waals surface area (Å²) in [5, 5.41) is 25.4. The van der Waals surface area contributed by atoms with Crippen molar-refractivity contribution in [2.24, 2.45) is 0 Å². The lowest BCUT2D eigenvalue weighted by Crippen LogP contribution is -2.06. The first kappa shape index (κ1) is 30.3. The number of allylic oxidation sites excluding steroid dienone is 2. The summed E-state index contributed by atoms with van der Waals surface area (Å²) in [5.41, 5.74) is 6.62. The van der Waals surface area contributed by atoms with Crippen LogP contribution in [0.1, 0.15) is 33.4 Å². The summed E-state index contributed by atoms with van der Waals surface area (Å²) in [6, 6.07) is 38.7. The lowest BCUT2D eigenvalue weighted by atomic mass is 9.84. The number of ketones is 2. The molecule has 0 bridgehead atoms. The Morgan fingerprint density at radius 2 is 0.870 bits per heavy atom. The highest BCUT2D eigenvalue weighted by molar-refractivity contribution is 6.10. The number of aryl methyl sites for hydroxylation is 2. The second-order valence-electron chi connectivity index (χ2n) is 11.7. The van der Waals surface area contributed by atoms with Crippen LogP contribution < -0.4 is 0 Å². The third-order valence-corrected chi connectivity index (χ3v) is 8.30. The van der Waals surface area contributed by atoms with Gasteiger partial charge in [0.25, 0.3) is 0 Å². The zero-order valence-corrected chi connectivity index (χ0v) is 25.8. The molecule has 0 atom stereocenters. The molecule has 0 radical (unpaired) electrons. The minimum absolute atomic E-state index is 0.0564. The van der Waals surface area contributed by atoms with Gasteiger partial charge in [-0.05, 0) is 57.6 Å². The fourth-order valence-electron chi connectivity index (χ4n) is 5.92. The molecular weight excluding hydrogens is 568 g/mol. The molecule has 0 unspecified atom stereocenters. The molecule has 2 N–H and O–H groups in total. The Balaban J connectivity index is 1.46. The first-order valence-electron chi connectivity index (χ1n) is 15.3. The van der Waals surface area contributed by atoms with Crippen molar-refractivity contribution in [2.75, 3.05) is 0 Å². The molecule has 0 saturated carbocycles. The summed E-state index contributed by atoms with van der Waals surface area (Å²) in [7, 11) is 0. The smallest absolute Gasteiger partial charge is 0.163 e. The fraction of sp³-hybridized carbons (Fsp3) is 0.0952. The number of hydrogen-bond donors (Lipinski definition) is 2. The average molecular weight is 603 g/mol. The molecular formula is C42H34O4. The molecule has 0 heterocycles. The van der Waals surface area contributed by atoms with E-state index in [4.69, 9.17) is 0 Å². The Labute approximate surface area is 268 Å². The second-order valence-corrected chi connectivity index (χ2v) is 11.7. The van der Waals surface area contributed by atoms with Gasteiger partial charge in [-0.1, -0.05) is 132 Å². The lowest BCUT2D eigenvalue weighted by molar-refractivity contribution is -0.114. The Bertz CT molecular complexity index is 1990. The lowest BCUT2D eigenvalue weighted by Gasteiger charge is -2.19. The molecule has 0 aliphatic rings. The number of aliphatic hydroxyl groups excluding tert-OH is 2. The number of carbonyl (C=O) groups is 2. The summed E-state index contributed by atoms with van der Waals surface area (Å²) >= 11 is 0. The van der Waals surface area contributed by atoms with Gasteiger partial charge >= 0.3 is 0 Å². The van der Waals surface area contributed by atoms with Gasteiger partial charge in [0, 0.05) is 36.1 Å². The highest BCUT2D eigenvalue weighted by Gasteiger charge is 2.20. The van der Waals surface area contributed by atoms with Crippen LogP contribution in [0.25, 0.3) is 44.2 Å². The van der Waals surface area contributed by atoms with Crippen LogP contribution in [0.5, 0.6) is 0 Å². The van der Waals surface area contributed by atoms with Crippen molar-refractivity contribution in [1.29, 1.82) is 0 Å². The number of fused-ring (bicyclic) bond motifs is 2. The van der Waals surface area contributed by atoms with Gasteiger partial charge in [0.2, 0.25) is 0 Å². The molecule has 0 saturated heterocycles. The molecule has 0 spiro atoms. The van der Waals surface area contributed by atoms with Gasteiger partial charge < -0.3 is 10.2 Å². The molecule has 4 nitrogen and oxygen atoms in total. The molecule has 6 aromatic carbocycles. The van der Waals surface area contributed by atoms with E-state index in [1.165, 1.54) is 12.2 Å². The Kier molecular flexibility index (Phi) is 8.62. The van der Waals surface area contributed by atoms with E-state index >= 15 is 0 Å². The molecule has 46 heavy (non-hydrogen) atoms. The van der Waals surface area contributed by atoms with Gasteiger partial charge in [-0.3, -0.25) is 9.59 Å². The second kappa shape index (κ2) is 13.1. The van der Waals surface area contributed by atoms with Crippen LogP contribution in [-0.2, 0) is 22.4 Å². The fourth-order valence-corrected chi connectivity index (χ4v) is 5.92. The van der Waals surface area contributed by atoms with Crippen LogP contribution in [0.3, 0.4) is 0 Å². The van der Waals surface area contributed by atoms with E-state index in [2.05, 4.69) is 0 Å².